The molecule has 1 saturated heterocycles. The molecular formula is C16H30O. The van der Waals surface area contributed by atoms with Gasteiger partial charge in [0.15, 0.2) is 0 Å². The van der Waals surface area contributed by atoms with Gasteiger partial charge in [-0.2, -0.15) is 0 Å². The zero-order valence-corrected chi connectivity index (χ0v) is 11.8. The summed E-state index contributed by atoms with van der Waals surface area (Å²) in [6.07, 6.45) is 12.7. The lowest BCUT2D eigenvalue weighted by atomic mass is 9.88. The van der Waals surface area contributed by atoms with Crippen LogP contribution in [0.5, 0.6) is 0 Å². The van der Waals surface area contributed by atoms with Crippen molar-refractivity contribution in [2.24, 2.45) is 11.8 Å². The Labute approximate surface area is 108 Å². The normalized spacial score (nSPS) is 25.2. The molecule has 2 radical (unpaired) electrons. The molecular weight excluding hydrogens is 208 g/mol. The van der Waals surface area contributed by atoms with E-state index in [1.54, 1.807) is 0 Å². The van der Waals surface area contributed by atoms with Gasteiger partial charge in [-0.1, -0.05) is 59.3 Å². The summed E-state index contributed by atoms with van der Waals surface area (Å²) in [5.74, 6) is 1.48. The highest BCUT2D eigenvalue weighted by Gasteiger charge is 2.24. The number of hydrogen-bond acceptors (Lipinski definition) is 1. The maximum absolute atomic E-state index is 6.13. The Morgan fingerprint density at radius 2 is 2.18 bits per heavy atom. The predicted molar refractivity (Wildman–Crippen MR) is 74.4 cm³/mol. The van der Waals surface area contributed by atoms with Gasteiger partial charge in [0, 0.05) is 0 Å². The SMILES string of the molecule is [CH2]CCCC(CC)[C]1CCCCC(CC)CO1. The first-order chi connectivity index (χ1) is 8.31. The minimum atomic E-state index is 0.687. The van der Waals surface area contributed by atoms with Crippen LogP contribution in [0, 0.1) is 24.9 Å². The average molecular weight is 238 g/mol. The summed E-state index contributed by atoms with van der Waals surface area (Å²) in [6.45, 7) is 9.49. The number of hydrogen-bond donors (Lipinski definition) is 0. The standard InChI is InChI=1S/C16H30O/c1-4-7-11-15(6-3)16-12-9-8-10-14(5-2)13-17-16/h14-15H,1,4-13H2,2-3H3. The fraction of sp³-hybridized carbons (Fsp3) is 0.875. The molecule has 2 atom stereocenters. The zero-order valence-electron chi connectivity index (χ0n) is 11.8. The van der Waals surface area contributed by atoms with Crippen molar-refractivity contribution in [1.82, 2.24) is 0 Å². The highest BCUT2D eigenvalue weighted by atomic mass is 16.5. The Morgan fingerprint density at radius 3 is 2.82 bits per heavy atom. The Hall–Kier alpha value is -0.0400. The predicted octanol–water partition coefficient (Wildman–Crippen LogP) is 5.17. The van der Waals surface area contributed by atoms with Gasteiger partial charge in [-0.15, -0.1) is 0 Å². The number of ether oxygens (including phenoxy) is 1. The van der Waals surface area contributed by atoms with E-state index in [1.165, 1.54) is 57.5 Å². The highest BCUT2D eigenvalue weighted by molar-refractivity contribution is 4.88. The molecule has 0 aliphatic carbocycles. The monoisotopic (exact) mass is 238 g/mol. The van der Waals surface area contributed by atoms with Gasteiger partial charge >= 0.3 is 0 Å². The summed E-state index contributed by atoms with van der Waals surface area (Å²) < 4.78 is 6.13. The molecule has 1 fully saturated rings. The largest absolute Gasteiger partial charge is 0.371 e. The van der Waals surface area contributed by atoms with Crippen LogP contribution >= 0.6 is 0 Å². The van der Waals surface area contributed by atoms with E-state index in [1.807, 2.05) is 0 Å². The first kappa shape index (κ1) is 15.0. The maximum atomic E-state index is 6.13. The molecule has 1 heteroatoms. The molecule has 0 amide bonds. The van der Waals surface area contributed by atoms with Crippen LogP contribution in [-0.2, 0) is 4.74 Å². The summed E-state index contributed by atoms with van der Waals surface area (Å²) in [5, 5.41) is 0. The third-order valence-corrected chi connectivity index (χ3v) is 4.12. The van der Waals surface area contributed by atoms with Crippen LogP contribution in [0.3, 0.4) is 0 Å². The van der Waals surface area contributed by atoms with Gasteiger partial charge in [0.05, 0.1) is 6.61 Å². The van der Waals surface area contributed by atoms with Crippen LogP contribution in [0.1, 0.15) is 71.6 Å². The molecule has 100 valence electrons. The fourth-order valence-corrected chi connectivity index (χ4v) is 2.74. The van der Waals surface area contributed by atoms with Crippen molar-refractivity contribution < 1.29 is 4.74 Å². The molecule has 1 rings (SSSR count). The van der Waals surface area contributed by atoms with Gasteiger partial charge in [-0.3, -0.25) is 0 Å². The van der Waals surface area contributed by atoms with Crippen molar-refractivity contribution in [3.05, 3.63) is 13.0 Å². The van der Waals surface area contributed by atoms with E-state index in [-0.39, 0.29) is 0 Å². The van der Waals surface area contributed by atoms with Gasteiger partial charge in [0.1, 0.15) is 6.10 Å². The van der Waals surface area contributed by atoms with E-state index < -0.39 is 0 Å². The Bertz CT molecular complexity index is 178. The summed E-state index contributed by atoms with van der Waals surface area (Å²) in [4.78, 5) is 0. The van der Waals surface area contributed by atoms with Gasteiger partial charge < -0.3 is 4.74 Å². The van der Waals surface area contributed by atoms with Crippen LogP contribution < -0.4 is 0 Å². The molecule has 0 N–H and O–H groups in total. The molecule has 0 aromatic carbocycles. The highest BCUT2D eigenvalue weighted by Crippen LogP contribution is 2.33. The second-order valence-corrected chi connectivity index (χ2v) is 5.40. The van der Waals surface area contributed by atoms with Crippen LogP contribution in [-0.4, -0.2) is 6.61 Å². The van der Waals surface area contributed by atoms with Crippen molar-refractivity contribution in [2.75, 3.05) is 6.61 Å². The van der Waals surface area contributed by atoms with Gasteiger partial charge in [0.25, 0.3) is 0 Å². The minimum Gasteiger partial charge on any atom is -0.371 e. The Morgan fingerprint density at radius 1 is 1.35 bits per heavy atom. The maximum Gasteiger partial charge on any atom is 0.100 e. The minimum absolute atomic E-state index is 0.687. The van der Waals surface area contributed by atoms with E-state index in [9.17, 15) is 0 Å². The first-order valence-electron chi connectivity index (χ1n) is 7.59. The molecule has 1 aliphatic rings. The first-order valence-corrected chi connectivity index (χ1v) is 7.59. The molecule has 1 heterocycles. The van der Waals surface area contributed by atoms with Crippen molar-refractivity contribution in [3.8, 4) is 0 Å². The van der Waals surface area contributed by atoms with Crippen molar-refractivity contribution in [3.63, 3.8) is 0 Å². The van der Waals surface area contributed by atoms with E-state index in [0.717, 1.165) is 18.9 Å². The van der Waals surface area contributed by atoms with Crippen molar-refractivity contribution >= 4 is 0 Å². The van der Waals surface area contributed by atoms with Gasteiger partial charge in [-0.05, 0) is 31.1 Å². The van der Waals surface area contributed by atoms with Gasteiger partial charge in [-0.25, -0.2) is 0 Å². The van der Waals surface area contributed by atoms with Crippen LogP contribution in [0.15, 0.2) is 0 Å². The van der Waals surface area contributed by atoms with E-state index in [0.29, 0.717) is 5.92 Å². The molecule has 0 aromatic rings. The molecule has 0 spiro atoms. The molecule has 2 unspecified atom stereocenters. The molecule has 0 saturated carbocycles. The fourth-order valence-electron chi connectivity index (χ4n) is 2.74. The zero-order chi connectivity index (χ0) is 12.5. The molecule has 17 heavy (non-hydrogen) atoms. The number of unbranched alkanes of at least 4 members (excludes halogenated alkanes) is 1. The lowest BCUT2D eigenvalue weighted by molar-refractivity contribution is 0.0498. The molecule has 0 aromatic heterocycles. The lowest BCUT2D eigenvalue weighted by Crippen LogP contribution is -2.21. The Balaban J connectivity index is 2.42. The molecule has 1 aliphatic heterocycles. The van der Waals surface area contributed by atoms with Crippen LogP contribution in [0.25, 0.3) is 0 Å². The lowest BCUT2D eigenvalue weighted by Gasteiger charge is -2.29. The van der Waals surface area contributed by atoms with Crippen molar-refractivity contribution in [1.29, 1.82) is 0 Å². The topological polar surface area (TPSA) is 9.23 Å². The summed E-state index contributed by atoms with van der Waals surface area (Å²) in [7, 11) is 0. The Kier molecular flexibility index (Phi) is 7.92. The summed E-state index contributed by atoms with van der Waals surface area (Å²) in [5.41, 5.74) is 0. The molecule has 0 bridgehead atoms. The van der Waals surface area contributed by atoms with E-state index in [2.05, 4.69) is 20.8 Å². The van der Waals surface area contributed by atoms with Crippen LogP contribution in [0.4, 0.5) is 0 Å². The van der Waals surface area contributed by atoms with Crippen molar-refractivity contribution in [2.45, 2.75) is 71.6 Å². The van der Waals surface area contributed by atoms with E-state index in [4.69, 9.17) is 4.74 Å². The third-order valence-electron chi connectivity index (χ3n) is 4.12. The summed E-state index contributed by atoms with van der Waals surface area (Å²) >= 11 is 0. The second-order valence-electron chi connectivity index (χ2n) is 5.40. The molecule has 1 nitrogen and oxygen atoms in total. The van der Waals surface area contributed by atoms with Gasteiger partial charge in [0.2, 0.25) is 0 Å². The average Bonchev–Trinajstić information content (AvgIpc) is 2.32. The van der Waals surface area contributed by atoms with E-state index >= 15 is 0 Å². The number of rotatable bonds is 6. The summed E-state index contributed by atoms with van der Waals surface area (Å²) in [6, 6.07) is 0. The van der Waals surface area contributed by atoms with Crippen LogP contribution in [0.2, 0.25) is 0 Å². The third kappa shape index (κ3) is 5.42. The quantitative estimate of drug-likeness (QED) is 0.620. The smallest absolute Gasteiger partial charge is 0.100 e. The second kappa shape index (κ2) is 8.97.